The zero-order valence-corrected chi connectivity index (χ0v) is 17.9. The summed E-state index contributed by atoms with van der Waals surface area (Å²) < 4.78 is 19.1. The summed E-state index contributed by atoms with van der Waals surface area (Å²) in [5, 5.41) is 3.29. The number of amides is 1. The molecule has 0 bridgehead atoms. The molecule has 158 valence electrons. The number of aliphatic imine (C=N–C) groups is 1. The number of aromatic nitrogens is 2. The van der Waals surface area contributed by atoms with Gasteiger partial charge in [-0.05, 0) is 67.9 Å². The Morgan fingerprint density at radius 3 is 2.94 bits per heavy atom. The lowest BCUT2D eigenvalue weighted by Gasteiger charge is -2.11. The number of amidine groups is 1. The van der Waals surface area contributed by atoms with Crippen molar-refractivity contribution in [2.24, 2.45) is 4.99 Å². The second-order valence-corrected chi connectivity index (χ2v) is 8.24. The van der Waals surface area contributed by atoms with Crippen LogP contribution in [0.25, 0.3) is 17.1 Å². The summed E-state index contributed by atoms with van der Waals surface area (Å²) in [6.07, 6.45) is 4.01. The molecule has 2 aromatic heterocycles. The van der Waals surface area contributed by atoms with Crippen LogP contribution in [0.3, 0.4) is 0 Å². The number of halogens is 1. The van der Waals surface area contributed by atoms with E-state index in [0.717, 1.165) is 11.1 Å². The minimum Gasteiger partial charge on any atom is -0.489 e. The molecule has 1 N–H and O–H groups in total. The second-order valence-electron chi connectivity index (χ2n) is 7.21. The summed E-state index contributed by atoms with van der Waals surface area (Å²) >= 11 is 1.26. The van der Waals surface area contributed by atoms with Crippen LogP contribution < -0.4 is 10.1 Å². The van der Waals surface area contributed by atoms with E-state index in [9.17, 15) is 9.18 Å². The lowest BCUT2D eigenvalue weighted by molar-refractivity contribution is -0.115. The lowest BCUT2D eigenvalue weighted by Crippen LogP contribution is -2.20. The number of thioether (sulfide) groups is 1. The third-order valence-electron chi connectivity index (χ3n) is 4.41. The van der Waals surface area contributed by atoms with Crippen LogP contribution in [0.2, 0.25) is 0 Å². The second kappa shape index (κ2) is 9.26. The Balaban J connectivity index is 1.49. The fraction of sp³-hybridized carbons (Fsp3) is 0.217. The number of ether oxygens (including phenoxy) is 1. The zero-order valence-electron chi connectivity index (χ0n) is 17.1. The van der Waals surface area contributed by atoms with Crippen molar-refractivity contribution in [2.45, 2.75) is 26.4 Å². The van der Waals surface area contributed by atoms with Gasteiger partial charge in [-0.25, -0.2) is 9.37 Å². The van der Waals surface area contributed by atoms with Gasteiger partial charge < -0.3 is 10.1 Å². The van der Waals surface area contributed by atoms with Crippen molar-refractivity contribution in [1.29, 1.82) is 0 Å². The van der Waals surface area contributed by atoms with Gasteiger partial charge in [0.05, 0.1) is 22.2 Å². The number of benzene rings is 1. The third-order valence-corrected chi connectivity index (χ3v) is 5.35. The molecule has 3 aromatic rings. The van der Waals surface area contributed by atoms with Crippen LogP contribution >= 0.6 is 11.8 Å². The van der Waals surface area contributed by atoms with Crippen molar-refractivity contribution >= 4 is 39.9 Å². The molecule has 3 heterocycles. The molecule has 0 saturated carbocycles. The van der Waals surface area contributed by atoms with Crippen LogP contribution in [0, 0.1) is 5.82 Å². The van der Waals surface area contributed by atoms with Crippen molar-refractivity contribution < 1.29 is 13.9 Å². The van der Waals surface area contributed by atoms with E-state index in [2.05, 4.69) is 20.3 Å². The highest BCUT2D eigenvalue weighted by Gasteiger charge is 2.23. The Bertz CT molecular complexity index is 1190. The maximum absolute atomic E-state index is 13.3. The number of nitrogens with zero attached hydrogens (tertiary/aromatic N) is 3. The maximum atomic E-state index is 13.3. The summed E-state index contributed by atoms with van der Waals surface area (Å²) in [6, 6.07) is 11.9. The number of nitrogens with one attached hydrogen (secondary N) is 1. The number of carbonyl (C=O) groups is 1. The summed E-state index contributed by atoms with van der Waals surface area (Å²) in [7, 11) is 0. The molecule has 0 radical (unpaired) electrons. The number of pyridine rings is 2. The summed E-state index contributed by atoms with van der Waals surface area (Å²) in [5.74, 6) is 0.170. The van der Waals surface area contributed by atoms with Gasteiger partial charge >= 0.3 is 0 Å². The highest BCUT2D eigenvalue weighted by atomic mass is 32.2. The van der Waals surface area contributed by atoms with Crippen LogP contribution in [-0.4, -0.2) is 33.7 Å². The fourth-order valence-electron chi connectivity index (χ4n) is 3.06. The van der Waals surface area contributed by atoms with Gasteiger partial charge in [0.15, 0.2) is 5.17 Å². The molecule has 0 atom stereocenters. The molecule has 1 aromatic carbocycles. The first kappa shape index (κ1) is 21.0. The van der Waals surface area contributed by atoms with Crippen molar-refractivity contribution in [3.63, 3.8) is 0 Å². The molecule has 1 aliphatic heterocycles. The zero-order chi connectivity index (χ0) is 21.8. The number of fused-ring (bicyclic) bond motifs is 1. The molecule has 0 aliphatic carbocycles. The van der Waals surface area contributed by atoms with E-state index in [-0.39, 0.29) is 17.8 Å². The van der Waals surface area contributed by atoms with Crippen LogP contribution in [-0.2, 0) is 11.2 Å². The highest BCUT2D eigenvalue weighted by molar-refractivity contribution is 8.18. The molecule has 1 amide bonds. The first-order valence-corrected chi connectivity index (χ1v) is 10.7. The predicted octanol–water partition coefficient (Wildman–Crippen LogP) is 4.36. The number of hydrogen-bond donors (Lipinski definition) is 1. The van der Waals surface area contributed by atoms with Crippen molar-refractivity contribution in [3.8, 4) is 5.75 Å². The van der Waals surface area contributed by atoms with E-state index >= 15 is 0 Å². The van der Waals surface area contributed by atoms with E-state index in [4.69, 9.17) is 4.74 Å². The summed E-state index contributed by atoms with van der Waals surface area (Å²) in [4.78, 5) is 26.2. The largest absolute Gasteiger partial charge is 0.489 e. The van der Waals surface area contributed by atoms with E-state index in [1.165, 1.54) is 23.9 Å². The summed E-state index contributed by atoms with van der Waals surface area (Å²) in [5.41, 5.74) is 2.87. The van der Waals surface area contributed by atoms with Gasteiger partial charge in [0.2, 0.25) is 0 Å². The van der Waals surface area contributed by atoms with Crippen LogP contribution in [0.5, 0.6) is 5.75 Å². The predicted molar refractivity (Wildman–Crippen MR) is 121 cm³/mol. The quantitative estimate of drug-likeness (QED) is 0.581. The normalized spacial score (nSPS) is 16.5. The van der Waals surface area contributed by atoms with Crippen molar-refractivity contribution in [1.82, 2.24) is 15.3 Å². The third kappa shape index (κ3) is 5.27. The number of carbonyl (C=O) groups excluding carboxylic acids is 1. The van der Waals surface area contributed by atoms with Crippen molar-refractivity contribution in [3.05, 3.63) is 70.6 Å². The molecular weight excluding hydrogens is 415 g/mol. The molecule has 6 nitrogen and oxygen atoms in total. The minimum atomic E-state index is -0.265. The fourth-order valence-corrected chi connectivity index (χ4v) is 3.89. The van der Waals surface area contributed by atoms with E-state index in [1.807, 2.05) is 32.0 Å². The Labute approximate surface area is 183 Å². The number of hydrogen-bond acceptors (Lipinski definition) is 6. The monoisotopic (exact) mass is 436 g/mol. The number of rotatable bonds is 6. The van der Waals surface area contributed by atoms with Gasteiger partial charge in [0, 0.05) is 18.8 Å². The Kier molecular flexibility index (Phi) is 6.27. The van der Waals surface area contributed by atoms with Gasteiger partial charge in [-0.2, -0.15) is 0 Å². The summed E-state index contributed by atoms with van der Waals surface area (Å²) in [6.45, 7) is 4.36. The Morgan fingerprint density at radius 1 is 1.26 bits per heavy atom. The molecule has 1 saturated heterocycles. The van der Waals surface area contributed by atoms with Gasteiger partial charge in [-0.15, -0.1) is 0 Å². The van der Waals surface area contributed by atoms with Gasteiger partial charge in [-0.3, -0.25) is 14.8 Å². The Morgan fingerprint density at radius 2 is 2.13 bits per heavy atom. The first-order valence-electron chi connectivity index (χ1n) is 9.90. The van der Waals surface area contributed by atoms with Gasteiger partial charge in [0.25, 0.3) is 5.91 Å². The lowest BCUT2D eigenvalue weighted by atomic mass is 10.1. The molecule has 1 aliphatic rings. The minimum absolute atomic E-state index is 0.0109. The molecular formula is C23H21FN4O2S. The SMILES string of the molecule is CC(C)Oc1ccnc2ccc(/C=C3/SC(=NCCc4cccc(F)c4)NC3=O)nc12. The van der Waals surface area contributed by atoms with Gasteiger partial charge in [0.1, 0.15) is 17.1 Å². The van der Waals surface area contributed by atoms with Crippen LogP contribution in [0.15, 0.2) is 58.6 Å². The smallest absolute Gasteiger partial charge is 0.264 e. The first-order chi connectivity index (χ1) is 15.0. The van der Waals surface area contributed by atoms with Crippen molar-refractivity contribution in [2.75, 3.05) is 6.54 Å². The molecule has 0 unspecified atom stereocenters. The topological polar surface area (TPSA) is 76.5 Å². The average Bonchev–Trinajstić information content (AvgIpc) is 3.07. The maximum Gasteiger partial charge on any atom is 0.264 e. The van der Waals surface area contributed by atoms with E-state index < -0.39 is 0 Å². The van der Waals surface area contributed by atoms with Crippen LogP contribution in [0.1, 0.15) is 25.1 Å². The Hall–Kier alpha value is -3.26. The standard InChI is InChI=1S/C23H21FN4O2S/c1-14(2)30-19-9-11-25-18-7-6-17(27-21(18)19)13-20-22(29)28-23(31-20)26-10-8-15-4-3-5-16(24)12-15/h3-7,9,11-14H,8,10H2,1-2H3,(H,26,28,29)/b20-13+. The molecule has 31 heavy (non-hydrogen) atoms. The molecule has 0 spiro atoms. The molecule has 8 heteroatoms. The molecule has 1 fully saturated rings. The van der Waals surface area contributed by atoms with E-state index in [1.54, 1.807) is 24.4 Å². The van der Waals surface area contributed by atoms with E-state index in [0.29, 0.717) is 40.0 Å². The average molecular weight is 437 g/mol. The van der Waals surface area contributed by atoms with Crippen LogP contribution in [0.4, 0.5) is 4.39 Å². The molecule has 4 rings (SSSR count). The highest BCUT2D eigenvalue weighted by Crippen LogP contribution is 2.28. The van der Waals surface area contributed by atoms with Gasteiger partial charge in [-0.1, -0.05) is 12.1 Å².